The van der Waals surface area contributed by atoms with Crippen molar-refractivity contribution >= 4 is 5.91 Å². The van der Waals surface area contributed by atoms with E-state index in [-0.39, 0.29) is 12.5 Å². The van der Waals surface area contributed by atoms with Crippen molar-refractivity contribution in [3.63, 3.8) is 0 Å². The molecule has 0 radical (unpaired) electrons. The standard InChI is InChI=1S/C10H20N2O3/c1-14-9-10(13)11-3-2-4-12-5-7-15-8-6-12/h2-9H2,1H3,(H,11,13). The van der Waals surface area contributed by atoms with E-state index in [2.05, 4.69) is 10.2 Å². The molecule has 5 heteroatoms. The maximum atomic E-state index is 11.0. The lowest BCUT2D eigenvalue weighted by Crippen LogP contribution is -2.38. The molecule has 0 saturated carbocycles. The van der Waals surface area contributed by atoms with E-state index in [9.17, 15) is 4.79 Å². The largest absolute Gasteiger partial charge is 0.379 e. The molecule has 0 aromatic carbocycles. The SMILES string of the molecule is COCC(=O)NCCCN1CCOCC1. The van der Waals surface area contributed by atoms with Crippen molar-refractivity contribution in [2.24, 2.45) is 0 Å². The summed E-state index contributed by atoms with van der Waals surface area (Å²) in [5, 5.41) is 2.80. The summed E-state index contributed by atoms with van der Waals surface area (Å²) in [6.45, 7) is 5.57. The Morgan fingerprint density at radius 3 is 2.87 bits per heavy atom. The van der Waals surface area contributed by atoms with Gasteiger partial charge in [0, 0.05) is 26.7 Å². The quantitative estimate of drug-likeness (QED) is 0.607. The number of carbonyl (C=O) groups is 1. The highest BCUT2D eigenvalue weighted by molar-refractivity contribution is 5.77. The van der Waals surface area contributed by atoms with Crippen LogP contribution in [0.3, 0.4) is 0 Å². The van der Waals surface area contributed by atoms with E-state index in [0.717, 1.165) is 45.8 Å². The van der Waals surface area contributed by atoms with Crippen LogP contribution in [0.25, 0.3) is 0 Å². The molecule has 1 amide bonds. The van der Waals surface area contributed by atoms with Crippen LogP contribution >= 0.6 is 0 Å². The predicted molar refractivity (Wildman–Crippen MR) is 56.8 cm³/mol. The second-order valence-corrected chi connectivity index (χ2v) is 3.59. The number of hydrogen-bond acceptors (Lipinski definition) is 4. The van der Waals surface area contributed by atoms with Gasteiger partial charge in [-0.25, -0.2) is 0 Å². The molecule has 0 bridgehead atoms. The van der Waals surface area contributed by atoms with E-state index in [4.69, 9.17) is 9.47 Å². The predicted octanol–water partition coefficient (Wildman–Crippen LogP) is -0.529. The normalized spacial score (nSPS) is 17.7. The third-order valence-electron chi connectivity index (χ3n) is 2.35. The molecule has 1 heterocycles. The Kier molecular flexibility index (Phi) is 6.31. The molecule has 5 nitrogen and oxygen atoms in total. The summed E-state index contributed by atoms with van der Waals surface area (Å²) >= 11 is 0. The minimum Gasteiger partial charge on any atom is -0.379 e. The van der Waals surface area contributed by atoms with Gasteiger partial charge in [0.05, 0.1) is 13.2 Å². The third-order valence-corrected chi connectivity index (χ3v) is 2.35. The van der Waals surface area contributed by atoms with Gasteiger partial charge in [-0.3, -0.25) is 9.69 Å². The average molecular weight is 216 g/mol. The Hall–Kier alpha value is -0.650. The molecular weight excluding hydrogens is 196 g/mol. The van der Waals surface area contributed by atoms with Gasteiger partial charge in [0.2, 0.25) is 5.91 Å². The zero-order valence-electron chi connectivity index (χ0n) is 9.33. The Morgan fingerprint density at radius 1 is 1.47 bits per heavy atom. The van der Waals surface area contributed by atoms with Crippen molar-refractivity contribution in [1.29, 1.82) is 0 Å². The summed E-state index contributed by atoms with van der Waals surface area (Å²) in [7, 11) is 1.52. The number of nitrogens with one attached hydrogen (secondary N) is 1. The highest BCUT2D eigenvalue weighted by Crippen LogP contribution is 1.97. The van der Waals surface area contributed by atoms with Crippen LogP contribution in [0.15, 0.2) is 0 Å². The van der Waals surface area contributed by atoms with E-state index in [1.54, 1.807) is 0 Å². The first-order valence-corrected chi connectivity index (χ1v) is 5.38. The first-order chi connectivity index (χ1) is 7.33. The van der Waals surface area contributed by atoms with E-state index in [0.29, 0.717) is 0 Å². The van der Waals surface area contributed by atoms with Gasteiger partial charge < -0.3 is 14.8 Å². The average Bonchev–Trinajstić information content (AvgIpc) is 2.26. The van der Waals surface area contributed by atoms with Gasteiger partial charge in [-0.2, -0.15) is 0 Å². The number of nitrogens with zero attached hydrogens (tertiary/aromatic N) is 1. The summed E-state index contributed by atoms with van der Waals surface area (Å²) in [5.74, 6) is -0.0422. The molecule has 1 aliphatic rings. The fourth-order valence-electron chi connectivity index (χ4n) is 1.54. The lowest BCUT2D eigenvalue weighted by molar-refractivity contribution is -0.124. The summed E-state index contributed by atoms with van der Waals surface area (Å²) in [6, 6.07) is 0. The highest BCUT2D eigenvalue weighted by Gasteiger charge is 2.09. The van der Waals surface area contributed by atoms with Crippen molar-refractivity contribution in [3.05, 3.63) is 0 Å². The first kappa shape index (κ1) is 12.4. The molecule has 1 rings (SSSR count). The Labute approximate surface area is 90.7 Å². The zero-order chi connectivity index (χ0) is 10.9. The van der Waals surface area contributed by atoms with Crippen molar-refractivity contribution < 1.29 is 14.3 Å². The molecule has 1 N–H and O–H groups in total. The zero-order valence-corrected chi connectivity index (χ0v) is 9.33. The van der Waals surface area contributed by atoms with Crippen LogP contribution in [0.1, 0.15) is 6.42 Å². The third kappa shape index (κ3) is 5.71. The molecule has 0 aromatic rings. The molecule has 0 atom stereocenters. The number of morpholine rings is 1. The van der Waals surface area contributed by atoms with Crippen LogP contribution in [0.5, 0.6) is 0 Å². The first-order valence-electron chi connectivity index (χ1n) is 5.38. The number of carbonyl (C=O) groups excluding carboxylic acids is 1. The molecule has 1 aliphatic heterocycles. The second kappa shape index (κ2) is 7.62. The van der Waals surface area contributed by atoms with Gasteiger partial charge in [-0.05, 0) is 13.0 Å². The number of amides is 1. The number of methoxy groups -OCH3 is 1. The topological polar surface area (TPSA) is 50.8 Å². The molecule has 1 fully saturated rings. The molecular formula is C10H20N2O3. The van der Waals surface area contributed by atoms with Gasteiger partial charge >= 0.3 is 0 Å². The molecule has 1 saturated heterocycles. The van der Waals surface area contributed by atoms with E-state index in [1.807, 2.05) is 0 Å². The van der Waals surface area contributed by atoms with Gasteiger partial charge in [0.15, 0.2) is 0 Å². The monoisotopic (exact) mass is 216 g/mol. The lowest BCUT2D eigenvalue weighted by Gasteiger charge is -2.26. The molecule has 0 aliphatic carbocycles. The minimum absolute atomic E-state index is 0.0422. The summed E-state index contributed by atoms with van der Waals surface area (Å²) in [4.78, 5) is 13.4. The van der Waals surface area contributed by atoms with Crippen LogP contribution in [0.4, 0.5) is 0 Å². The Morgan fingerprint density at radius 2 is 2.20 bits per heavy atom. The fraction of sp³-hybridized carbons (Fsp3) is 0.900. The van der Waals surface area contributed by atoms with Crippen LogP contribution in [-0.4, -0.2) is 63.9 Å². The summed E-state index contributed by atoms with van der Waals surface area (Å²) in [5.41, 5.74) is 0. The van der Waals surface area contributed by atoms with Gasteiger partial charge in [-0.15, -0.1) is 0 Å². The number of ether oxygens (including phenoxy) is 2. The van der Waals surface area contributed by atoms with Gasteiger partial charge in [0.25, 0.3) is 0 Å². The van der Waals surface area contributed by atoms with Crippen molar-refractivity contribution in [2.45, 2.75) is 6.42 Å². The molecule has 0 aromatic heterocycles. The summed E-state index contributed by atoms with van der Waals surface area (Å²) < 4.78 is 9.96. The Balaban J connectivity index is 1.93. The molecule has 88 valence electrons. The van der Waals surface area contributed by atoms with Crippen molar-refractivity contribution in [3.8, 4) is 0 Å². The number of rotatable bonds is 6. The maximum Gasteiger partial charge on any atom is 0.245 e. The maximum absolute atomic E-state index is 11.0. The molecule has 0 unspecified atom stereocenters. The smallest absolute Gasteiger partial charge is 0.245 e. The number of hydrogen-bond donors (Lipinski definition) is 1. The van der Waals surface area contributed by atoms with Gasteiger partial charge in [-0.1, -0.05) is 0 Å². The van der Waals surface area contributed by atoms with Crippen LogP contribution in [-0.2, 0) is 14.3 Å². The van der Waals surface area contributed by atoms with Crippen LogP contribution < -0.4 is 5.32 Å². The second-order valence-electron chi connectivity index (χ2n) is 3.59. The van der Waals surface area contributed by atoms with Gasteiger partial charge in [0.1, 0.15) is 6.61 Å². The lowest BCUT2D eigenvalue weighted by atomic mass is 10.3. The highest BCUT2D eigenvalue weighted by atomic mass is 16.5. The fourth-order valence-corrected chi connectivity index (χ4v) is 1.54. The van der Waals surface area contributed by atoms with Crippen LogP contribution in [0, 0.1) is 0 Å². The minimum atomic E-state index is -0.0422. The molecule has 15 heavy (non-hydrogen) atoms. The van der Waals surface area contributed by atoms with E-state index in [1.165, 1.54) is 7.11 Å². The van der Waals surface area contributed by atoms with Crippen molar-refractivity contribution in [1.82, 2.24) is 10.2 Å². The molecule has 0 spiro atoms. The van der Waals surface area contributed by atoms with E-state index < -0.39 is 0 Å². The van der Waals surface area contributed by atoms with Crippen LogP contribution in [0.2, 0.25) is 0 Å². The van der Waals surface area contributed by atoms with E-state index >= 15 is 0 Å². The summed E-state index contributed by atoms with van der Waals surface area (Å²) in [6.07, 6.45) is 0.982. The Bertz CT molecular complexity index is 182. The van der Waals surface area contributed by atoms with Crippen molar-refractivity contribution in [2.75, 3.05) is 53.1 Å².